The number of hydrogen-bond donors (Lipinski definition) is 0. The van der Waals surface area contributed by atoms with Gasteiger partial charge in [0.2, 0.25) is 0 Å². The van der Waals surface area contributed by atoms with Gasteiger partial charge < -0.3 is 9.64 Å². The molecule has 33 heavy (non-hydrogen) atoms. The molecule has 6 heteroatoms. The molecular formula is C27H26N2O4. The second-order valence-electron chi connectivity index (χ2n) is 7.39. The number of urea groups is 1. The normalized spacial score (nSPS) is 10.9. The Kier molecular flexibility index (Phi) is 8.13. The Bertz CT molecular complexity index is 1110. The van der Waals surface area contributed by atoms with E-state index in [0.717, 1.165) is 10.5 Å². The number of benzene rings is 3. The van der Waals surface area contributed by atoms with Gasteiger partial charge in [-0.2, -0.15) is 0 Å². The number of rotatable bonds is 7. The first-order valence-corrected chi connectivity index (χ1v) is 10.5. The second kappa shape index (κ2) is 11.4. The molecule has 0 N–H and O–H groups in total. The maximum atomic E-state index is 13.8. The summed E-state index contributed by atoms with van der Waals surface area (Å²) in [6.07, 6.45) is 1.53. The SMILES string of the molecule is CC(=O)OCC=C(C(=O)N(C(=O)N(C)Cc1ccccc1)c1ccccc1)c1ccccc1. The second-order valence-corrected chi connectivity index (χ2v) is 7.39. The third-order valence-electron chi connectivity index (χ3n) is 4.89. The maximum Gasteiger partial charge on any atom is 0.331 e. The summed E-state index contributed by atoms with van der Waals surface area (Å²) in [5, 5.41) is 0. The third kappa shape index (κ3) is 6.40. The Balaban J connectivity index is 1.98. The number of hydrogen-bond acceptors (Lipinski definition) is 4. The van der Waals surface area contributed by atoms with Crippen LogP contribution in [0.2, 0.25) is 0 Å². The van der Waals surface area contributed by atoms with Gasteiger partial charge in [-0.05, 0) is 29.3 Å². The Hall–Kier alpha value is -4.19. The third-order valence-corrected chi connectivity index (χ3v) is 4.89. The predicted molar refractivity (Wildman–Crippen MR) is 128 cm³/mol. The van der Waals surface area contributed by atoms with E-state index in [1.807, 2.05) is 42.5 Å². The van der Waals surface area contributed by atoms with Gasteiger partial charge in [0.05, 0.1) is 5.69 Å². The highest BCUT2D eigenvalue weighted by atomic mass is 16.5. The van der Waals surface area contributed by atoms with Gasteiger partial charge in [-0.1, -0.05) is 78.9 Å². The van der Waals surface area contributed by atoms with Crippen LogP contribution in [-0.2, 0) is 20.9 Å². The minimum absolute atomic E-state index is 0.0814. The Labute approximate surface area is 193 Å². The van der Waals surface area contributed by atoms with Gasteiger partial charge in [-0.3, -0.25) is 9.59 Å². The van der Waals surface area contributed by atoms with Crippen LogP contribution in [0.4, 0.5) is 10.5 Å². The standard InChI is InChI=1S/C27H26N2O4/c1-21(30)33-19-18-25(23-14-8-4-9-15-23)26(31)29(24-16-10-5-11-17-24)27(32)28(2)20-22-12-6-3-7-13-22/h3-18H,19-20H2,1-2H3. The lowest BCUT2D eigenvalue weighted by Gasteiger charge is -2.28. The van der Waals surface area contributed by atoms with Crippen molar-refractivity contribution in [1.29, 1.82) is 0 Å². The van der Waals surface area contributed by atoms with Gasteiger partial charge in [0.1, 0.15) is 6.61 Å². The average Bonchev–Trinajstić information content (AvgIpc) is 2.83. The minimum Gasteiger partial charge on any atom is -0.462 e. The minimum atomic E-state index is -0.510. The van der Waals surface area contributed by atoms with Crippen LogP contribution in [0.15, 0.2) is 97.1 Å². The summed E-state index contributed by atoms with van der Waals surface area (Å²) in [5.41, 5.74) is 2.28. The van der Waals surface area contributed by atoms with Crippen LogP contribution in [0.3, 0.4) is 0 Å². The number of para-hydroxylation sites is 1. The van der Waals surface area contributed by atoms with E-state index in [4.69, 9.17) is 4.74 Å². The summed E-state index contributed by atoms with van der Waals surface area (Å²) < 4.78 is 5.04. The van der Waals surface area contributed by atoms with Crippen LogP contribution in [0, 0.1) is 0 Å². The molecule has 0 saturated carbocycles. The monoisotopic (exact) mass is 442 g/mol. The fourth-order valence-electron chi connectivity index (χ4n) is 3.30. The van der Waals surface area contributed by atoms with E-state index in [-0.39, 0.29) is 12.2 Å². The quantitative estimate of drug-likeness (QED) is 0.385. The van der Waals surface area contributed by atoms with Gasteiger partial charge >= 0.3 is 12.0 Å². The van der Waals surface area contributed by atoms with Crippen LogP contribution < -0.4 is 4.90 Å². The van der Waals surface area contributed by atoms with E-state index >= 15 is 0 Å². The van der Waals surface area contributed by atoms with Gasteiger partial charge in [0, 0.05) is 26.1 Å². The van der Waals surface area contributed by atoms with Gasteiger partial charge in [0.25, 0.3) is 5.91 Å². The Morgan fingerprint density at radius 1 is 0.818 bits per heavy atom. The smallest absolute Gasteiger partial charge is 0.331 e. The number of esters is 1. The van der Waals surface area contributed by atoms with E-state index in [0.29, 0.717) is 17.8 Å². The summed E-state index contributed by atoms with van der Waals surface area (Å²) in [6, 6.07) is 26.9. The average molecular weight is 443 g/mol. The lowest BCUT2D eigenvalue weighted by Crippen LogP contribution is -2.45. The zero-order valence-corrected chi connectivity index (χ0v) is 18.7. The van der Waals surface area contributed by atoms with Crippen molar-refractivity contribution in [2.75, 3.05) is 18.6 Å². The predicted octanol–water partition coefficient (Wildman–Crippen LogP) is 4.92. The van der Waals surface area contributed by atoms with E-state index in [1.165, 1.54) is 17.9 Å². The van der Waals surface area contributed by atoms with Crippen molar-refractivity contribution in [2.45, 2.75) is 13.5 Å². The Morgan fingerprint density at radius 2 is 1.36 bits per heavy atom. The molecule has 0 fully saturated rings. The molecule has 0 atom stereocenters. The molecule has 0 aliphatic rings. The van der Waals surface area contributed by atoms with E-state index < -0.39 is 17.9 Å². The van der Waals surface area contributed by atoms with E-state index in [9.17, 15) is 14.4 Å². The molecule has 3 aromatic carbocycles. The summed E-state index contributed by atoms with van der Waals surface area (Å²) in [5.74, 6) is -0.964. The van der Waals surface area contributed by atoms with E-state index in [2.05, 4.69) is 0 Å². The zero-order chi connectivity index (χ0) is 23.6. The maximum absolute atomic E-state index is 13.8. The van der Waals surface area contributed by atoms with Crippen LogP contribution >= 0.6 is 0 Å². The topological polar surface area (TPSA) is 66.9 Å². The van der Waals surface area contributed by atoms with Crippen molar-refractivity contribution in [1.82, 2.24) is 4.90 Å². The van der Waals surface area contributed by atoms with Crippen LogP contribution in [0.1, 0.15) is 18.1 Å². The van der Waals surface area contributed by atoms with Crippen molar-refractivity contribution in [2.24, 2.45) is 0 Å². The first-order chi connectivity index (χ1) is 16.0. The molecule has 0 saturated heterocycles. The van der Waals surface area contributed by atoms with Crippen molar-refractivity contribution in [3.8, 4) is 0 Å². The number of carbonyl (C=O) groups is 3. The first kappa shape index (κ1) is 23.5. The molecule has 0 unspecified atom stereocenters. The van der Waals surface area contributed by atoms with Crippen molar-refractivity contribution >= 4 is 29.2 Å². The molecule has 6 nitrogen and oxygen atoms in total. The molecule has 0 bridgehead atoms. The van der Waals surface area contributed by atoms with Crippen molar-refractivity contribution < 1.29 is 19.1 Å². The van der Waals surface area contributed by atoms with Gasteiger partial charge in [-0.25, -0.2) is 9.69 Å². The summed E-state index contributed by atoms with van der Waals surface area (Å²) in [6.45, 7) is 1.56. The van der Waals surface area contributed by atoms with Crippen LogP contribution in [0.5, 0.6) is 0 Å². The summed E-state index contributed by atoms with van der Waals surface area (Å²) in [7, 11) is 1.66. The fourth-order valence-corrected chi connectivity index (χ4v) is 3.30. The number of anilines is 1. The highest BCUT2D eigenvalue weighted by Crippen LogP contribution is 2.24. The number of imide groups is 1. The fraction of sp³-hybridized carbons (Fsp3) is 0.148. The number of nitrogens with zero attached hydrogens (tertiary/aromatic N) is 2. The molecule has 0 aromatic heterocycles. The van der Waals surface area contributed by atoms with Crippen molar-refractivity contribution in [3.05, 3.63) is 108 Å². The molecular weight excluding hydrogens is 416 g/mol. The molecule has 0 spiro atoms. The Morgan fingerprint density at radius 3 is 1.94 bits per heavy atom. The lowest BCUT2D eigenvalue weighted by molar-refractivity contribution is -0.139. The molecule has 0 aliphatic carbocycles. The number of amides is 3. The highest BCUT2D eigenvalue weighted by Gasteiger charge is 2.29. The van der Waals surface area contributed by atoms with E-state index in [1.54, 1.807) is 55.6 Å². The molecule has 3 aromatic rings. The summed E-state index contributed by atoms with van der Waals surface area (Å²) >= 11 is 0. The number of ether oxygens (including phenoxy) is 1. The van der Waals surface area contributed by atoms with Gasteiger partial charge in [0.15, 0.2) is 0 Å². The lowest BCUT2D eigenvalue weighted by atomic mass is 10.0. The van der Waals surface area contributed by atoms with Crippen molar-refractivity contribution in [3.63, 3.8) is 0 Å². The molecule has 168 valence electrons. The zero-order valence-electron chi connectivity index (χ0n) is 18.7. The molecule has 3 rings (SSSR count). The largest absolute Gasteiger partial charge is 0.462 e. The first-order valence-electron chi connectivity index (χ1n) is 10.5. The summed E-state index contributed by atoms with van der Waals surface area (Å²) in [4.78, 5) is 41.2. The van der Waals surface area contributed by atoms with Crippen LogP contribution in [0.25, 0.3) is 5.57 Å². The highest BCUT2D eigenvalue weighted by molar-refractivity contribution is 6.33. The van der Waals surface area contributed by atoms with Crippen LogP contribution in [-0.4, -0.2) is 36.5 Å². The number of carbonyl (C=O) groups excluding carboxylic acids is 3. The molecule has 0 radical (unpaired) electrons. The molecule has 0 heterocycles. The molecule has 3 amide bonds. The molecule has 0 aliphatic heterocycles. The van der Waals surface area contributed by atoms with Gasteiger partial charge in [-0.15, -0.1) is 0 Å².